The third kappa shape index (κ3) is 3.60. The molecule has 1 heterocycles. The number of benzene rings is 1. The number of nitrogens with zero attached hydrogens (tertiary/aromatic N) is 2. The first-order valence-corrected chi connectivity index (χ1v) is 5.61. The first-order chi connectivity index (χ1) is 9.15. The summed E-state index contributed by atoms with van der Waals surface area (Å²) in [4.78, 5) is 30.5. The van der Waals surface area contributed by atoms with Gasteiger partial charge in [0.2, 0.25) is 5.95 Å². The van der Waals surface area contributed by atoms with Crippen LogP contribution in [-0.4, -0.2) is 21.8 Å². The van der Waals surface area contributed by atoms with Gasteiger partial charge in [0.1, 0.15) is 0 Å². The SMILES string of the molecule is CC(=O)c1ccc(NC(=O)Nc2ncccn2)cc1. The van der Waals surface area contributed by atoms with Gasteiger partial charge in [-0.3, -0.25) is 10.1 Å². The van der Waals surface area contributed by atoms with Gasteiger partial charge in [0.25, 0.3) is 0 Å². The van der Waals surface area contributed by atoms with E-state index in [1.54, 1.807) is 30.3 Å². The highest BCUT2D eigenvalue weighted by molar-refractivity contribution is 5.99. The molecule has 19 heavy (non-hydrogen) atoms. The molecule has 0 radical (unpaired) electrons. The van der Waals surface area contributed by atoms with E-state index >= 15 is 0 Å². The van der Waals surface area contributed by atoms with Crippen LogP contribution in [0.25, 0.3) is 0 Å². The number of anilines is 2. The second kappa shape index (κ2) is 5.72. The normalized spacial score (nSPS) is 9.74. The number of aromatic nitrogens is 2. The van der Waals surface area contributed by atoms with Gasteiger partial charge in [-0.1, -0.05) is 0 Å². The quantitative estimate of drug-likeness (QED) is 0.825. The minimum atomic E-state index is -0.443. The van der Waals surface area contributed by atoms with Gasteiger partial charge < -0.3 is 5.32 Å². The molecule has 6 heteroatoms. The van der Waals surface area contributed by atoms with Gasteiger partial charge in [-0.15, -0.1) is 0 Å². The topological polar surface area (TPSA) is 84.0 Å². The molecule has 2 amide bonds. The largest absolute Gasteiger partial charge is 0.326 e. The second-order valence-corrected chi connectivity index (χ2v) is 3.79. The Morgan fingerprint density at radius 1 is 1.00 bits per heavy atom. The zero-order valence-corrected chi connectivity index (χ0v) is 10.3. The molecule has 0 unspecified atom stereocenters. The van der Waals surface area contributed by atoms with Gasteiger partial charge in [0.05, 0.1) is 0 Å². The fraction of sp³-hybridized carbons (Fsp3) is 0.0769. The Bertz CT molecular complexity index is 581. The molecule has 96 valence electrons. The first kappa shape index (κ1) is 12.7. The predicted molar refractivity (Wildman–Crippen MR) is 71.1 cm³/mol. The smallest absolute Gasteiger partial charge is 0.308 e. The van der Waals surface area contributed by atoms with Gasteiger partial charge in [0.15, 0.2) is 5.78 Å². The molecule has 0 atom stereocenters. The van der Waals surface area contributed by atoms with E-state index < -0.39 is 6.03 Å². The molecule has 0 aliphatic heterocycles. The average molecular weight is 256 g/mol. The maximum Gasteiger partial charge on any atom is 0.326 e. The number of Topliss-reactive ketones (excluding diaryl/α,β-unsaturated/α-hetero) is 1. The Hall–Kier alpha value is -2.76. The average Bonchev–Trinajstić information content (AvgIpc) is 2.40. The minimum Gasteiger partial charge on any atom is -0.308 e. The zero-order valence-electron chi connectivity index (χ0n) is 10.3. The molecule has 0 saturated carbocycles. The van der Waals surface area contributed by atoms with E-state index in [1.807, 2.05) is 0 Å². The second-order valence-electron chi connectivity index (χ2n) is 3.79. The summed E-state index contributed by atoms with van der Waals surface area (Å²) in [6.07, 6.45) is 3.06. The number of carbonyl (C=O) groups is 2. The van der Waals surface area contributed by atoms with Crippen LogP contribution in [0, 0.1) is 0 Å². The van der Waals surface area contributed by atoms with Crippen molar-refractivity contribution in [1.82, 2.24) is 9.97 Å². The molecule has 2 N–H and O–H groups in total. The lowest BCUT2D eigenvalue weighted by Gasteiger charge is -2.06. The summed E-state index contributed by atoms with van der Waals surface area (Å²) in [5.74, 6) is 0.203. The zero-order chi connectivity index (χ0) is 13.7. The monoisotopic (exact) mass is 256 g/mol. The van der Waals surface area contributed by atoms with Crippen molar-refractivity contribution in [1.29, 1.82) is 0 Å². The van der Waals surface area contributed by atoms with E-state index in [-0.39, 0.29) is 11.7 Å². The highest BCUT2D eigenvalue weighted by Gasteiger charge is 2.04. The molecule has 2 rings (SSSR count). The number of nitrogens with one attached hydrogen (secondary N) is 2. The number of ketones is 1. The molecule has 0 spiro atoms. The van der Waals surface area contributed by atoms with E-state index in [9.17, 15) is 9.59 Å². The van der Waals surface area contributed by atoms with Crippen molar-refractivity contribution in [2.45, 2.75) is 6.92 Å². The van der Waals surface area contributed by atoms with Crippen LogP contribution >= 0.6 is 0 Å². The van der Waals surface area contributed by atoms with Crippen molar-refractivity contribution in [3.8, 4) is 0 Å². The van der Waals surface area contributed by atoms with E-state index in [4.69, 9.17) is 0 Å². The molecule has 1 aromatic carbocycles. The van der Waals surface area contributed by atoms with Crippen molar-refractivity contribution in [3.05, 3.63) is 48.3 Å². The Balaban J connectivity index is 1.97. The molecule has 0 aliphatic carbocycles. The lowest BCUT2D eigenvalue weighted by Crippen LogP contribution is -2.20. The van der Waals surface area contributed by atoms with E-state index in [1.165, 1.54) is 19.3 Å². The highest BCUT2D eigenvalue weighted by Crippen LogP contribution is 2.10. The van der Waals surface area contributed by atoms with Gasteiger partial charge in [-0.05, 0) is 37.3 Å². The number of carbonyl (C=O) groups excluding carboxylic acids is 2. The molecular weight excluding hydrogens is 244 g/mol. The Morgan fingerprint density at radius 2 is 1.63 bits per heavy atom. The standard InChI is InChI=1S/C13H12N4O2/c1-9(18)10-3-5-11(6-4-10)16-13(19)17-12-14-7-2-8-15-12/h2-8H,1H3,(H2,14,15,16,17,19). The molecule has 0 aliphatic rings. The van der Waals surface area contributed by atoms with Crippen LogP contribution in [0.3, 0.4) is 0 Å². The summed E-state index contributed by atoms with van der Waals surface area (Å²) < 4.78 is 0. The van der Waals surface area contributed by atoms with Crippen molar-refractivity contribution in [3.63, 3.8) is 0 Å². The number of amides is 2. The van der Waals surface area contributed by atoms with Crippen LogP contribution in [-0.2, 0) is 0 Å². The highest BCUT2D eigenvalue weighted by atomic mass is 16.2. The molecule has 6 nitrogen and oxygen atoms in total. The van der Waals surface area contributed by atoms with Gasteiger partial charge in [0, 0.05) is 23.6 Å². The van der Waals surface area contributed by atoms with Gasteiger partial charge in [-0.2, -0.15) is 0 Å². The summed E-state index contributed by atoms with van der Waals surface area (Å²) >= 11 is 0. The Labute approximate surface area is 109 Å². The summed E-state index contributed by atoms with van der Waals surface area (Å²) in [6, 6.07) is 7.82. The van der Waals surface area contributed by atoms with Crippen LogP contribution < -0.4 is 10.6 Å². The van der Waals surface area contributed by atoms with Gasteiger partial charge >= 0.3 is 6.03 Å². The van der Waals surface area contributed by atoms with Crippen molar-refractivity contribution < 1.29 is 9.59 Å². The number of urea groups is 1. The fourth-order valence-electron chi connectivity index (χ4n) is 1.42. The van der Waals surface area contributed by atoms with Crippen molar-refractivity contribution in [2.24, 2.45) is 0 Å². The summed E-state index contributed by atoms with van der Waals surface area (Å²) in [6.45, 7) is 1.49. The maximum atomic E-state index is 11.6. The fourth-order valence-corrected chi connectivity index (χ4v) is 1.42. The van der Waals surface area contributed by atoms with Crippen LogP contribution in [0.4, 0.5) is 16.4 Å². The van der Waals surface area contributed by atoms with E-state index in [0.717, 1.165) is 0 Å². The molecule has 0 saturated heterocycles. The Kier molecular flexibility index (Phi) is 3.82. The van der Waals surface area contributed by atoms with Crippen LogP contribution in [0.5, 0.6) is 0 Å². The van der Waals surface area contributed by atoms with Crippen molar-refractivity contribution in [2.75, 3.05) is 10.6 Å². The van der Waals surface area contributed by atoms with E-state index in [2.05, 4.69) is 20.6 Å². The third-order valence-electron chi connectivity index (χ3n) is 2.34. The summed E-state index contributed by atoms with van der Waals surface area (Å²) in [5.41, 5.74) is 1.18. The van der Waals surface area contributed by atoms with Crippen LogP contribution in [0.15, 0.2) is 42.7 Å². The summed E-state index contributed by atoms with van der Waals surface area (Å²) in [5, 5.41) is 5.10. The van der Waals surface area contributed by atoms with Crippen molar-refractivity contribution >= 4 is 23.5 Å². The van der Waals surface area contributed by atoms with Crippen LogP contribution in [0.2, 0.25) is 0 Å². The molecular formula is C13H12N4O2. The van der Waals surface area contributed by atoms with Gasteiger partial charge in [-0.25, -0.2) is 14.8 Å². The molecule has 1 aromatic heterocycles. The number of hydrogen-bond donors (Lipinski definition) is 2. The first-order valence-electron chi connectivity index (χ1n) is 5.61. The third-order valence-corrected chi connectivity index (χ3v) is 2.34. The van der Waals surface area contributed by atoms with E-state index in [0.29, 0.717) is 11.3 Å². The van der Waals surface area contributed by atoms with Crippen LogP contribution in [0.1, 0.15) is 17.3 Å². The number of hydrogen-bond acceptors (Lipinski definition) is 4. The molecule has 0 bridgehead atoms. The number of rotatable bonds is 3. The molecule has 0 fully saturated rings. The minimum absolute atomic E-state index is 0.0197. The Morgan fingerprint density at radius 3 is 2.21 bits per heavy atom. The maximum absolute atomic E-state index is 11.6. The lowest BCUT2D eigenvalue weighted by atomic mass is 10.1. The predicted octanol–water partition coefficient (Wildman–Crippen LogP) is 2.32. The summed E-state index contributed by atoms with van der Waals surface area (Å²) in [7, 11) is 0. The lowest BCUT2D eigenvalue weighted by molar-refractivity contribution is 0.101. The molecule has 2 aromatic rings.